The third-order valence-corrected chi connectivity index (χ3v) is 3.18. The summed E-state index contributed by atoms with van der Waals surface area (Å²) in [6.45, 7) is 6.41. The van der Waals surface area contributed by atoms with Crippen molar-refractivity contribution in [2.45, 2.75) is 33.3 Å². The molecule has 0 saturated carbocycles. The van der Waals surface area contributed by atoms with Gasteiger partial charge >= 0.3 is 0 Å². The van der Waals surface area contributed by atoms with Crippen molar-refractivity contribution < 1.29 is 9.90 Å². The molecule has 5 heteroatoms. The lowest BCUT2D eigenvalue weighted by Crippen LogP contribution is -2.34. The van der Waals surface area contributed by atoms with Gasteiger partial charge in [0.1, 0.15) is 4.88 Å². The second-order valence-electron chi connectivity index (χ2n) is 5.33. The number of nitrogens with one attached hydrogen (secondary N) is 1. The Kier molecular flexibility index (Phi) is 4.54. The summed E-state index contributed by atoms with van der Waals surface area (Å²) in [6.07, 6.45) is 0.118. The summed E-state index contributed by atoms with van der Waals surface area (Å²) < 4.78 is 0. The summed E-state index contributed by atoms with van der Waals surface area (Å²) in [5, 5.41) is 14.2. The van der Waals surface area contributed by atoms with Crippen LogP contribution in [0.2, 0.25) is 0 Å². The van der Waals surface area contributed by atoms with Crippen molar-refractivity contribution in [1.29, 1.82) is 0 Å². The summed E-state index contributed by atoms with van der Waals surface area (Å²) in [6, 6.07) is 1.70. The van der Waals surface area contributed by atoms with Crippen molar-refractivity contribution in [1.82, 2.24) is 5.32 Å². The van der Waals surface area contributed by atoms with Gasteiger partial charge in [-0.15, -0.1) is 11.3 Å². The van der Waals surface area contributed by atoms with Gasteiger partial charge in [0.15, 0.2) is 0 Å². The summed E-state index contributed by atoms with van der Waals surface area (Å²) in [7, 11) is 0. The number of hydrogen-bond donors (Lipinski definition) is 3. The zero-order valence-corrected chi connectivity index (χ0v) is 11.3. The maximum atomic E-state index is 11.7. The molecule has 0 bridgehead atoms. The van der Waals surface area contributed by atoms with Crippen molar-refractivity contribution in [2.75, 3.05) is 12.3 Å². The van der Waals surface area contributed by atoms with E-state index in [1.165, 1.54) is 11.3 Å². The number of amides is 1. The van der Waals surface area contributed by atoms with Gasteiger partial charge in [-0.3, -0.25) is 4.79 Å². The van der Waals surface area contributed by atoms with Crippen molar-refractivity contribution in [3.8, 4) is 0 Å². The lowest BCUT2D eigenvalue weighted by Gasteiger charge is -2.22. The number of nitrogen functional groups attached to an aromatic ring is 1. The second kappa shape index (κ2) is 5.51. The first-order valence-electron chi connectivity index (χ1n) is 5.59. The molecule has 17 heavy (non-hydrogen) atoms. The first-order chi connectivity index (χ1) is 7.79. The predicted octanol–water partition coefficient (Wildman–Crippen LogP) is 1.86. The molecule has 0 radical (unpaired) electrons. The van der Waals surface area contributed by atoms with Crippen LogP contribution in [0.15, 0.2) is 11.4 Å². The molecule has 0 saturated heterocycles. The minimum absolute atomic E-state index is 0.0477. The molecule has 0 aliphatic rings. The summed E-state index contributed by atoms with van der Waals surface area (Å²) >= 11 is 1.30. The molecule has 0 fully saturated rings. The molecule has 1 aromatic heterocycles. The Balaban J connectivity index is 2.42. The fraction of sp³-hybridized carbons (Fsp3) is 0.583. The van der Waals surface area contributed by atoms with E-state index in [-0.39, 0.29) is 17.9 Å². The van der Waals surface area contributed by atoms with Crippen LogP contribution in [0.3, 0.4) is 0 Å². The Labute approximate surface area is 106 Å². The Morgan fingerprint density at radius 1 is 1.59 bits per heavy atom. The van der Waals surface area contributed by atoms with Crippen molar-refractivity contribution in [2.24, 2.45) is 5.41 Å². The zero-order valence-electron chi connectivity index (χ0n) is 10.5. The molecule has 1 unspecified atom stereocenters. The van der Waals surface area contributed by atoms with Crippen LogP contribution in [0.4, 0.5) is 5.69 Å². The van der Waals surface area contributed by atoms with Crippen molar-refractivity contribution in [3.05, 3.63) is 16.3 Å². The Morgan fingerprint density at radius 3 is 2.71 bits per heavy atom. The van der Waals surface area contributed by atoms with Gasteiger partial charge in [-0.2, -0.15) is 0 Å². The average Bonchev–Trinajstić information content (AvgIpc) is 2.58. The Bertz CT molecular complexity index is 382. The number of carbonyl (C=O) groups excluding carboxylic acids is 1. The fourth-order valence-corrected chi connectivity index (χ4v) is 2.31. The van der Waals surface area contributed by atoms with Gasteiger partial charge in [0.2, 0.25) is 0 Å². The van der Waals surface area contributed by atoms with Crippen LogP contribution in [-0.2, 0) is 0 Å². The Hall–Kier alpha value is -1.07. The molecule has 4 nitrogen and oxygen atoms in total. The molecule has 0 aliphatic carbocycles. The van der Waals surface area contributed by atoms with E-state index in [1.54, 1.807) is 11.4 Å². The van der Waals surface area contributed by atoms with Gasteiger partial charge in [-0.05, 0) is 23.3 Å². The van der Waals surface area contributed by atoms with Crippen molar-refractivity contribution >= 4 is 22.9 Å². The van der Waals surface area contributed by atoms with Gasteiger partial charge in [-0.1, -0.05) is 20.8 Å². The van der Waals surface area contributed by atoms with E-state index in [0.717, 1.165) is 0 Å². The predicted molar refractivity (Wildman–Crippen MR) is 71.1 cm³/mol. The normalized spacial score (nSPS) is 13.4. The van der Waals surface area contributed by atoms with E-state index in [1.807, 2.05) is 0 Å². The number of thiophene rings is 1. The number of rotatable bonds is 4. The van der Waals surface area contributed by atoms with Crippen molar-refractivity contribution in [3.63, 3.8) is 0 Å². The van der Waals surface area contributed by atoms with Gasteiger partial charge in [-0.25, -0.2) is 0 Å². The highest BCUT2D eigenvalue weighted by Gasteiger charge is 2.18. The van der Waals surface area contributed by atoms with E-state index in [4.69, 9.17) is 5.73 Å². The quantitative estimate of drug-likeness (QED) is 0.769. The van der Waals surface area contributed by atoms with Gasteiger partial charge in [0.05, 0.1) is 11.8 Å². The lowest BCUT2D eigenvalue weighted by atomic mass is 9.89. The molecule has 1 amide bonds. The highest BCUT2D eigenvalue weighted by Crippen LogP contribution is 2.21. The number of aliphatic hydroxyl groups is 1. The lowest BCUT2D eigenvalue weighted by molar-refractivity contribution is 0.0873. The molecule has 0 aromatic carbocycles. The van der Waals surface area contributed by atoms with Gasteiger partial charge in [0.25, 0.3) is 5.91 Å². The maximum absolute atomic E-state index is 11.7. The van der Waals surface area contributed by atoms with E-state index >= 15 is 0 Å². The third-order valence-electron chi connectivity index (χ3n) is 2.25. The highest BCUT2D eigenvalue weighted by atomic mass is 32.1. The molecule has 1 aromatic rings. The topological polar surface area (TPSA) is 75.3 Å². The molecule has 96 valence electrons. The summed E-state index contributed by atoms with van der Waals surface area (Å²) in [5.41, 5.74) is 6.17. The third kappa shape index (κ3) is 4.75. The highest BCUT2D eigenvalue weighted by molar-refractivity contribution is 7.12. The maximum Gasteiger partial charge on any atom is 0.263 e. The minimum atomic E-state index is -0.528. The first kappa shape index (κ1) is 14.0. The molecular weight excluding hydrogens is 236 g/mol. The number of nitrogens with two attached hydrogens (primary N) is 1. The van der Waals surface area contributed by atoms with Crippen LogP contribution < -0.4 is 11.1 Å². The average molecular weight is 256 g/mol. The van der Waals surface area contributed by atoms with Crippen LogP contribution in [0.1, 0.15) is 36.9 Å². The molecule has 0 aliphatic heterocycles. The van der Waals surface area contributed by atoms with E-state index in [2.05, 4.69) is 26.1 Å². The molecule has 4 N–H and O–H groups in total. The standard InChI is InChI=1S/C12H20N2O2S/c1-12(2,3)6-8(15)7-14-11(16)10-9(13)4-5-17-10/h4-5,8,15H,6-7,13H2,1-3H3,(H,14,16). The SMILES string of the molecule is CC(C)(C)CC(O)CNC(=O)c1sccc1N. The van der Waals surface area contributed by atoms with Gasteiger partial charge < -0.3 is 16.2 Å². The van der Waals surface area contributed by atoms with E-state index in [0.29, 0.717) is 17.0 Å². The second-order valence-corrected chi connectivity index (χ2v) is 6.25. The number of anilines is 1. The van der Waals surface area contributed by atoms with Crippen LogP contribution in [-0.4, -0.2) is 23.7 Å². The number of aliphatic hydroxyl groups excluding tert-OH is 1. The molecule has 1 rings (SSSR count). The van der Waals surface area contributed by atoms with Crippen LogP contribution in [0, 0.1) is 5.41 Å². The van der Waals surface area contributed by atoms with Gasteiger partial charge in [0, 0.05) is 6.54 Å². The van der Waals surface area contributed by atoms with E-state index < -0.39 is 6.10 Å². The molecule has 1 atom stereocenters. The smallest absolute Gasteiger partial charge is 0.263 e. The van der Waals surface area contributed by atoms with Crippen LogP contribution in [0.5, 0.6) is 0 Å². The number of hydrogen-bond acceptors (Lipinski definition) is 4. The van der Waals surface area contributed by atoms with Crippen LogP contribution in [0.25, 0.3) is 0 Å². The molecule has 1 heterocycles. The molecule has 0 spiro atoms. The number of carbonyl (C=O) groups is 1. The minimum Gasteiger partial charge on any atom is -0.397 e. The summed E-state index contributed by atoms with van der Waals surface area (Å²) in [5.74, 6) is -0.217. The molecular formula is C12H20N2O2S. The summed E-state index contributed by atoms with van der Waals surface area (Å²) in [4.78, 5) is 12.2. The zero-order chi connectivity index (χ0) is 13.1. The first-order valence-corrected chi connectivity index (χ1v) is 6.47. The fourth-order valence-electron chi connectivity index (χ4n) is 1.57. The van der Waals surface area contributed by atoms with E-state index in [9.17, 15) is 9.90 Å². The van der Waals surface area contributed by atoms with Crippen LogP contribution >= 0.6 is 11.3 Å². The monoisotopic (exact) mass is 256 g/mol. The largest absolute Gasteiger partial charge is 0.397 e. The Morgan fingerprint density at radius 2 is 2.24 bits per heavy atom.